The second-order valence-electron chi connectivity index (χ2n) is 5.80. The lowest BCUT2D eigenvalue weighted by molar-refractivity contribution is -0.142. The van der Waals surface area contributed by atoms with Gasteiger partial charge < -0.3 is 15.7 Å². The molecule has 3 N–H and O–H groups in total. The highest BCUT2D eigenvalue weighted by Crippen LogP contribution is 2.17. The maximum absolute atomic E-state index is 11.8. The summed E-state index contributed by atoms with van der Waals surface area (Å²) in [7, 11) is 0. The first-order chi connectivity index (χ1) is 9.81. The van der Waals surface area contributed by atoms with Gasteiger partial charge in [0, 0.05) is 12.2 Å². The summed E-state index contributed by atoms with van der Waals surface area (Å²) in [6.07, 6.45) is 0. The number of carboxylic acids is 1. The molecular formula is C16H24N2O3. The summed E-state index contributed by atoms with van der Waals surface area (Å²) in [5.41, 5.74) is 1.89. The zero-order valence-electron chi connectivity index (χ0n) is 13.0. The lowest BCUT2D eigenvalue weighted by Gasteiger charge is -2.17. The van der Waals surface area contributed by atoms with Crippen LogP contribution in [0.4, 0.5) is 10.5 Å². The monoisotopic (exact) mass is 292 g/mol. The molecule has 1 unspecified atom stereocenters. The van der Waals surface area contributed by atoms with E-state index in [0.717, 1.165) is 0 Å². The maximum Gasteiger partial charge on any atom is 0.319 e. The number of carboxylic acid groups (broad SMARTS) is 1. The highest BCUT2D eigenvalue weighted by atomic mass is 16.4. The van der Waals surface area contributed by atoms with E-state index in [1.807, 2.05) is 38.1 Å². The van der Waals surface area contributed by atoms with E-state index in [9.17, 15) is 9.59 Å². The molecule has 0 aromatic heterocycles. The van der Waals surface area contributed by atoms with Gasteiger partial charge in [-0.1, -0.05) is 39.8 Å². The third-order valence-electron chi connectivity index (χ3n) is 3.44. The van der Waals surface area contributed by atoms with Crippen LogP contribution < -0.4 is 10.6 Å². The van der Waals surface area contributed by atoms with Crippen molar-refractivity contribution < 1.29 is 14.7 Å². The summed E-state index contributed by atoms with van der Waals surface area (Å²) in [5.74, 6) is -1.07. The predicted octanol–water partition coefficient (Wildman–Crippen LogP) is 3.29. The first-order valence-electron chi connectivity index (χ1n) is 7.19. The van der Waals surface area contributed by atoms with E-state index in [-0.39, 0.29) is 18.5 Å². The Bertz CT molecular complexity index is 481. The molecular weight excluding hydrogens is 268 g/mol. The van der Waals surface area contributed by atoms with E-state index in [1.54, 1.807) is 0 Å². The van der Waals surface area contributed by atoms with E-state index < -0.39 is 11.9 Å². The Hall–Kier alpha value is -2.04. The van der Waals surface area contributed by atoms with Crippen LogP contribution in [0.15, 0.2) is 24.3 Å². The topological polar surface area (TPSA) is 78.4 Å². The number of carbonyl (C=O) groups excluding carboxylic acids is 1. The summed E-state index contributed by atoms with van der Waals surface area (Å²) in [6, 6.07) is 7.22. The van der Waals surface area contributed by atoms with E-state index in [4.69, 9.17) is 5.11 Å². The third-order valence-corrected chi connectivity index (χ3v) is 3.44. The zero-order chi connectivity index (χ0) is 16.0. The van der Waals surface area contributed by atoms with Crippen LogP contribution in [0.1, 0.15) is 39.2 Å². The Balaban J connectivity index is 2.52. The van der Waals surface area contributed by atoms with Crippen molar-refractivity contribution in [3.8, 4) is 0 Å². The van der Waals surface area contributed by atoms with Crippen molar-refractivity contribution in [2.75, 3.05) is 11.9 Å². The van der Waals surface area contributed by atoms with Crippen LogP contribution in [0.5, 0.6) is 0 Å². The first kappa shape index (κ1) is 17.0. The van der Waals surface area contributed by atoms with Crippen molar-refractivity contribution in [1.82, 2.24) is 5.32 Å². The number of carbonyl (C=O) groups is 2. The van der Waals surface area contributed by atoms with Crippen LogP contribution in [0, 0.1) is 11.8 Å². The van der Waals surface area contributed by atoms with Crippen LogP contribution in [-0.2, 0) is 4.79 Å². The van der Waals surface area contributed by atoms with Gasteiger partial charge in [-0.25, -0.2) is 4.79 Å². The van der Waals surface area contributed by atoms with Gasteiger partial charge in [-0.3, -0.25) is 4.79 Å². The molecule has 1 atom stereocenters. The fourth-order valence-corrected chi connectivity index (χ4v) is 1.94. The number of nitrogens with one attached hydrogen (secondary N) is 2. The Morgan fingerprint density at radius 3 is 2.10 bits per heavy atom. The van der Waals surface area contributed by atoms with E-state index in [1.165, 1.54) is 5.56 Å². The molecule has 21 heavy (non-hydrogen) atoms. The molecule has 0 aliphatic heterocycles. The van der Waals surface area contributed by atoms with Crippen LogP contribution in [0.2, 0.25) is 0 Å². The minimum atomic E-state index is -0.897. The number of rotatable bonds is 6. The molecule has 0 saturated heterocycles. The van der Waals surface area contributed by atoms with Crippen molar-refractivity contribution in [1.29, 1.82) is 0 Å². The van der Waals surface area contributed by atoms with Gasteiger partial charge in [0.05, 0.1) is 5.92 Å². The number of urea groups is 1. The lowest BCUT2D eigenvalue weighted by Crippen LogP contribution is -2.37. The van der Waals surface area contributed by atoms with Gasteiger partial charge >= 0.3 is 12.0 Å². The van der Waals surface area contributed by atoms with Gasteiger partial charge in [-0.05, 0) is 29.5 Å². The smallest absolute Gasteiger partial charge is 0.319 e. The van der Waals surface area contributed by atoms with Gasteiger partial charge in [0.25, 0.3) is 0 Å². The molecule has 0 aliphatic carbocycles. The van der Waals surface area contributed by atoms with Gasteiger partial charge in [0.2, 0.25) is 0 Å². The number of benzene rings is 1. The molecule has 0 fully saturated rings. The molecule has 5 heteroatoms. The number of aliphatic carboxylic acids is 1. The van der Waals surface area contributed by atoms with Gasteiger partial charge in [-0.2, -0.15) is 0 Å². The Morgan fingerprint density at radius 1 is 1.10 bits per heavy atom. The zero-order valence-corrected chi connectivity index (χ0v) is 13.0. The maximum atomic E-state index is 11.8. The van der Waals surface area contributed by atoms with Crippen LogP contribution >= 0.6 is 0 Å². The van der Waals surface area contributed by atoms with E-state index in [0.29, 0.717) is 11.6 Å². The predicted molar refractivity (Wildman–Crippen MR) is 83.5 cm³/mol. The number of amides is 2. The molecule has 0 aliphatic rings. The minimum Gasteiger partial charge on any atom is -0.481 e. The first-order valence-corrected chi connectivity index (χ1v) is 7.19. The number of hydrogen-bond donors (Lipinski definition) is 3. The second kappa shape index (κ2) is 7.67. The number of hydrogen-bond acceptors (Lipinski definition) is 2. The van der Waals surface area contributed by atoms with Crippen molar-refractivity contribution in [3.05, 3.63) is 29.8 Å². The molecule has 1 rings (SSSR count). The van der Waals surface area contributed by atoms with Gasteiger partial charge in [0.15, 0.2) is 0 Å². The highest BCUT2D eigenvalue weighted by molar-refractivity contribution is 5.89. The second-order valence-corrected chi connectivity index (χ2v) is 5.80. The molecule has 1 aromatic carbocycles. The van der Waals surface area contributed by atoms with Crippen molar-refractivity contribution in [2.45, 2.75) is 33.6 Å². The molecule has 1 aromatic rings. The van der Waals surface area contributed by atoms with Crippen LogP contribution in [0.3, 0.4) is 0 Å². The van der Waals surface area contributed by atoms with Crippen molar-refractivity contribution in [2.24, 2.45) is 11.8 Å². The summed E-state index contributed by atoms with van der Waals surface area (Å²) in [4.78, 5) is 22.8. The van der Waals surface area contributed by atoms with E-state index in [2.05, 4.69) is 24.5 Å². The van der Waals surface area contributed by atoms with Crippen molar-refractivity contribution in [3.63, 3.8) is 0 Å². The summed E-state index contributed by atoms with van der Waals surface area (Å²) in [5, 5.41) is 14.4. The summed E-state index contributed by atoms with van der Waals surface area (Å²) < 4.78 is 0. The summed E-state index contributed by atoms with van der Waals surface area (Å²) >= 11 is 0. The minimum absolute atomic E-state index is 0.0341. The van der Waals surface area contributed by atoms with Crippen LogP contribution in [0.25, 0.3) is 0 Å². The molecule has 0 bridgehead atoms. The van der Waals surface area contributed by atoms with Crippen molar-refractivity contribution >= 4 is 17.7 Å². The summed E-state index contributed by atoms with van der Waals surface area (Å²) in [6.45, 7) is 7.97. The fourth-order valence-electron chi connectivity index (χ4n) is 1.94. The average molecular weight is 292 g/mol. The third kappa shape index (κ3) is 5.45. The molecule has 0 spiro atoms. The Morgan fingerprint density at radius 2 is 1.67 bits per heavy atom. The molecule has 5 nitrogen and oxygen atoms in total. The molecule has 0 heterocycles. The number of anilines is 1. The quantitative estimate of drug-likeness (QED) is 0.752. The fraction of sp³-hybridized carbons (Fsp3) is 0.500. The van der Waals surface area contributed by atoms with Gasteiger partial charge in [-0.15, -0.1) is 0 Å². The molecule has 2 amide bonds. The highest BCUT2D eigenvalue weighted by Gasteiger charge is 2.21. The van der Waals surface area contributed by atoms with E-state index >= 15 is 0 Å². The SMILES string of the molecule is CC(C)c1ccc(NC(=O)NCC(C(=O)O)C(C)C)cc1. The van der Waals surface area contributed by atoms with Gasteiger partial charge in [0.1, 0.15) is 0 Å². The van der Waals surface area contributed by atoms with Crippen LogP contribution in [-0.4, -0.2) is 23.7 Å². The normalized spacial score (nSPS) is 12.3. The lowest BCUT2D eigenvalue weighted by atomic mass is 9.96. The molecule has 0 saturated carbocycles. The Kier molecular flexibility index (Phi) is 6.21. The standard InChI is InChI=1S/C16H24N2O3/c1-10(2)12-5-7-13(8-6-12)18-16(21)17-9-14(11(3)4)15(19)20/h5-8,10-11,14H,9H2,1-4H3,(H,19,20)(H2,17,18,21). The Labute approximate surface area is 125 Å². The average Bonchev–Trinajstić information content (AvgIpc) is 2.38. The molecule has 0 radical (unpaired) electrons. The molecule has 116 valence electrons. The largest absolute Gasteiger partial charge is 0.481 e.